The van der Waals surface area contributed by atoms with Crippen molar-refractivity contribution < 1.29 is 0 Å². The van der Waals surface area contributed by atoms with E-state index in [1.807, 2.05) is 7.05 Å². The molecule has 1 aromatic carbocycles. The van der Waals surface area contributed by atoms with Crippen LogP contribution >= 0.6 is 0 Å². The van der Waals surface area contributed by atoms with Gasteiger partial charge in [-0.05, 0) is 61.9 Å². The molecule has 0 radical (unpaired) electrons. The lowest BCUT2D eigenvalue weighted by Crippen LogP contribution is -2.29. The van der Waals surface area contributed by atoms with Crippen LogP contribution in [0.1, 0.15) is 36.1 Å². The SMILES string of the molecule is CNCC(C)(C)Cc1ccc(C)c(C)c1C. The summed E-state index contributed by atoms with van der Waals surface area (Å²) in [5.74, 6) is 0. The third kappa shape index (κ3) is 3.08. The molecular weight excluding hydrogens is 194 g/mol. The van der Waals surface area contributed by atoms with Crippen molar-refractivity contribution in [2.24, 2.45) is 5.41 Å². The van der Waals surface area contributed by atoms with E-state index < -0.39 is 0 Å². The van der Waals surface area contributed by atoms with Gasteiger partial charge in [-0.25, -0.2) is 0 Å². The molecule has 0 fully saturated rings. The molecule has 0 spiro atoms. The van der Waals surface area contributed by atoms with Gasteiger partial charge in [0.15, 0.2) is 0 Å². The number of nitrogens with one attached hydrogen (secondary N) is 1. The molecular formula is C15H25N. The molecule has 0 aliphatic rings. The van der Waals surface area contributed by atoms with Gasteiger partial charge in [0.1, 0.15) is 0 Å². The maximum absolute atomic E-state index is 3.27. The number of aryl methyl sites for hydroxylation is 1. The zero-order chi connectivity index (χ0) is 12.3. The summed E-state index contributed by atoms with van der Waals surface area (Å²) >= 11 is 0. The van der Waals surface area contributed by atoms with Gasteiger partial charge in [0.25, 0.3) is 0 Å². The van der Waals surface area contributed by atoms with Crippen LogP contribution in [0.3, 0.4) is 0 Å². The van der Waals surface area contributed by atoms with Crippen LogP contribution in [0.4, 0.5) is 0 Å². The lowest BCUT2D eigenvalue weighted by atomic mass is 9.83. The number of benzene rings is 1. The van der Waals surface area contributed by atoms with Gasteiger partial charge >= 0.3 is 0 Å². The summed E-state index contributed by atoms with van der Waals surface area (Å²) in [6.45, 7) is 12.3. The van der Waals surface area contributed by atoms with Gasteiger partial charge in [-0.1, -0.05) is 26.0 Å². The second-order valence-corrected chi connectivity index (χ2v) is 5.66. The molecule has 0 aromatic heterocycles. The Morgan fingerprint density at radius 1 is 1.06 bits per heavy atom. The maximum Gasteiger partial charge on any atom is 0.000270 e. The van der Waals surface area contributed by atoms with E-state index in [9.17, 15) is 0 Å². The summed E-state index contributed by atoms with van der Waals surface area (Å²) in [6.07, 6.45) is 1.14. The van der Waals surface area contributed by atoms with Gasteiger partial charge in [0, 0.05) is 6.54 Å². The van der Waals surface area contributed by atoms with Crippen molar-refractivity contribution in [3.05, 3.63) is 34.4 Å². The summed E-state index contributed by atoms with van der Waals surface area (Å²) in [4.78, 5) is 0. The van der Waals surface area contributed by atoms with Crippen LogP contribution in [0.5, 0.6) is 0 Å². The molecule has 0 aliphatic heterocycles. The van der Waals surface area contributed by atoms with Crippen LogP contribution in [-0.2, 0) is 6.42 Å². The smallest absolute Gasteiger partial charge is 0.000270 e. The summed E-state index contributed by atoms with van der Waals surface area (Å²) in [5, 5.41) is 3.27. The molecule has 1 N–H and O–H groups in total. The molecule has 0 saturated carbocycles. The molecule has 0 heterocycles. The minimum Gasteiger partial charge on any atom is -0.319 e. The summed E-state index contributed by atoms with van der Waals surface area (Å²) in [6, 6.07) is 4.53. The molecule has 1 nitrogen and oxygen atoms in total. The van der Waals surface area contributed by atoms with E-state index in [0.717, 1.165) is 13.0 Å². The average Bonchev–Trinajstić information content (AvgIpc) is 2.19. The largest absolute Gasteiger partial charge is 0.319 e. The molecule has 1 heteroatoms. The van der Waals surface area contributed by atoms with E-state index >= 15 is 0 Å². The van der Waals surface area contributed by atoms with Crippen LogP contribution in [-0.4, -0.2) is 13.6 Å². The number of hydrogen-bond acceptors (Lipinski definition) is 1. The number of rotatable bonds is 4. The molecule has 90 valence electrons. The Kier molecular flexibility index (Phi) is 4.15. The van der Waals surface area contributed by atoms with Crippen LogP contribution < -0.4 is 5.32 Å². The fourth-order valence-electron chi connectivity index (χ4n) is 2.26. The predicted octanol–water partition coefficient (Wildman–Crippen LogP) is 3.40. The van der Waals surface area contributed by atoms with Crippen molar-refractivity contribution in [3.8, 4) is 0 Å². The molecule has 0 saturated heterocycles. The lowest BCUT2D eigenvalue weighted by Gasteiger charge is -2.26. The van der Waals surface area contributed by atoms with Crippen molar-refractivity contribution in [2.75, 3.05) is 13.6 Å². The second kappa shape index (κ2) is 5.01. The fourth-order valence-corrected chi connectivity index (χ4v) is 2.26. The molecule has 16 heavy (non-hydrogen) atoms. The van der Waals surface area contributed by atoms with E-state index in [0.29, 0.717) is 5.41 Å². The monoisotopic (exact) mass is 219 g/mol. The van der Waals surface area contributed by atoms with Crippen LogP contribution in [0.2, 0.25) is 0 Å². The normalized spacial score (nSPS) is 11.9. The van der Waals surface area contributed by atoms with Gasteiger partial charge in [0.2, 0.25) is 0 Å². The lowest BCUT2D eigenvalue weighted by molar-refractivity contribution is 0.349. The second-order valence-electron chi connectivity index (χ2n) is 5.66. The first-order valence-electron chi connectivity index (χ1n) is 6.07. The van der Waals surface area contributed by atoms with E-state index in [-0.39, 0.29) is 0 Å². The highest BCUT2D eigenvalue weighted by molar-refractivity contribution is 5.39. The van der Waals surface area contributed by atoms with E-state index in [4.69, 9.17) is 0 Å². The molecule has 0 aliphatic carbocycles. The van der Waals surface area contributed by atoms with Crippen molar-refractivity contribution in [2.45, 2.75) is 41.0 Å². The van der Waals surface area contributed by atoms with Crippen LogP contribution in [0.15, 0.2) is 12.1 Å². The van der Waals surface area contributed by atoms with Gasteiger partial charge in [-0.2, -0.15) is 0 Å². The highest BCUT2D eigenvalue weighted by atomic mass is 14.8. The first-order chi connectivity index (χ1) is 7.37. The first-order valence-corrected chi connectivity index (χ1v) is 6.07. The Morgan fingerprint density at radius 2 is 1.69 bits per heavy atom. The topological polar surface area (TPSA) is 12.0 Å². The molecule has 0 bridgehead atoms. The Balaban J connectivity index is 2.94. The molecule has 1 rings (SSSR count). The zero-order valence-electron chi connectivity index (χ0n) is 11.6. The summed E-state index contributed by atoms with van der Waals surface area (Å²) in [5.41, 5.74) is 6.11. The fraction of sp³-hybridized carbons (Fsp3) is 0.600. The highest BCUT2D eigenvalue weighted by Crippen LogP contribution is 2.25. The Morgan fingerprint density at radius 3 is 2.25 bits per heavy atom. The highest BCUT2D eigenvalue weighted by Gasteiger charge is 2.18. The van der Waals surface area contributed by atoms with Crippen molar-refractivity contribution in [1.29, 1.82) is 0 Å². The minimum absolute atomic E-state index is 0.321. The van der Waals surface area contributed by atoms with E-state index in [2.05, 4.69) is 52.1 Å². The van der Waals surface area contributed by atoms with E-state index in [1.54, 1.807) is 0 Å². The standard InChI is InChI=1S/C15H25N/c1-11-7-8-14(13(3)12(11)2)9-15(4,5)10-16-6/h7-8,16H,9-10H2,1-6H3. The van der Waals surface area contributed by atoms with Crippen molar-refractivity contribution in [3.63, 3.8) is 0 Å². The van der Waals surface area contributed by atoms with Gasteiger partial charge < -0.3 is 5.32 Å². The van der Waals surface area contributed by atoms with Gasteiger partial charge in [0.05, 0.1) is 0 Å². The third-order valence-electron chi connectivity index (χ3n) is 3.49. The van der Waals surface area contributed by atoms with Gasteiger partial charge in [-0.3, -0.25) is 0 Å². The van der Waals surface area contributed by atoms with Gasteiger partial charge in [-0.15, -0.1) is 0 Å². The van der Waals surface area contributed by atoms with Crippen LogP contribution in [0.25, 0.3) is 0 Å². The maximum atomic E-state index is 3.27. The van der Waals surface area contributed by atoms with Crippen LogP contribution in [0, 0.1) is 26.2 Å². The third-order valence-corrected chi connectivity index (χ3v) is 3.49. The molecule has 0 amide bonds. The Bertz CT molecular complexity index is 364. The Hall–Kier alpha value is -0.820. The minimum atomic E-state index is 0.321. The van der Waals surface area contributed by atoms with Crippen molar-refractivity contribution >= 4 is 0 Å². The zero-order valence-corrected chi connectivity index (χ0v) is 11.6. The molecule has 0 unspecified atom stereocenters. The van der Waals surface area contributed by atoms with E-state index in [1.165, 1.54) is 22.3 Å². The first kappa shape index (κ1) is 13.2. The molecule has 0 atom stereocenters. The molecule has 1 aromatic rings. The number of hydrogen-bond donors (Lipinski definition) is 1. The predicted molar refractivity (Wildman–Crippen MR) is 72.1 cm³/mol. The summed E-state index contributed by atoms with van der Waals surface area (Å²) < 4.78 is 0. The van der Waals surface area contributed by atoms with Crippen molar-refractivity contribution in [1.82, 2.24) is 5.32 Å². The quantitative estimate of drug-likeness (QED) is 0.818. The average molecular weight is 219 g/mol. The Labute approximate surface area is 100 Å². The summed E-state index contributed by atoms with van der Waals surface area (Å²) in [7, 11) is 2.02.